The Labute approximate surface area is 179 Å². The van der Waals surface area contributed by atoms with E-state index in [-0.39, 0.29) is 11.7 Å². The van der Waals surface area contributed by atoms with Gasteiger partial charge in [0.2, 0.25) is 0 Å². The minimum atomic E-state index is -0.124. The number of hydrogen-bond donors (Lipinski definition) is 1. The summed E-state index contributed by atoms with van der Waals surface area (Å²) in [6.07, 6.45) is 14.8. The number of epoxide rings is 1. The lowest BCUT2D eigenvalue weighted by Gasteiger charge is -2.59. The number of aliphatic hydroxyl groups is 1. The van der Waals surface area contributed by atoms with Gasteiger partial charge >= 0.3 is 0 Å². The van der Waals surface area contributed by atoms with Crippen LogP contribution in [0, 0.1) is 46.3 Å². The van der Waals surface area contributed by atoms with E-state index in [1.54, 1.807) is 0 Å². The van der Waals surface area contributed by atoms with Crippen molar-refractivity contribution in [2.24, 2.45) is 46.3 Å². The SMILES string of the molecule is CC(C)CCC[C@H](C)[C@H]1CC[C@H]2[C@@H]3C[C@@H]4O[C@@]45C[C@@H](O)CC[C@]5(C)[C@H]3CC[C@]12C. The lowest BCUT2D eigenvalue weighted by atomic mass is 9.44. The smallest absolute Gasteiger partial charge is 0.103 e. The van der Waals surface area contributed by atoms with E-state index in [2.05, 4.69) is 34.6 Å². The second kappa shape index (κ2) is 6.96. The highest BCUT2D eigenvalue weighted by Gasteiger charge is 2.76. The minimum absolute atomic E-state index is 0.0434. The lowest BCUT2D eigenvalue weighted by Crippen LogP contribution is -2.58. The predicted octanol–water partition coefficient (Wildman–Crippen LogP) is 6.60. The highest BCUT2D eigenvalue weighted by molar-refractivity contribution is 5.24. The number of fused-ring (bicyclic) bond motifs is 4. The molecule has 0 aromatic rings. The van der Waals surface area contributed by atoms with Crippen molar-refractivity contribution in [2.45, 2.75) is 123 Å². The fourth-order valence-electron chi connectivity index (χ4n) is 9.68. The number of ether oxygens (including phenoxy) is 1. The summed E-state index contributed by atoms with van der Waals surface area (Å²) in [5.41, 5.74) is 0.932. The molecule has 0 aromatic carbocycles. The molecule has 1 heterocycles. The van der Waals surface area contributed by atoms with Crippen LogP contribution in [0.1, 0.15) is 105 Å². The molecule has 1 spiro atoms. The average Bonchev–Trinajstić information content (AvgIpc) is 3.22. The van der Waals surface area contributed by atoms with Crippen molar-refractivity contribution < 1.29 is 9.84 Å². The van der Waals surface area contributed by atoms with Gasteiger partial charge in [0.15, 0.2) is 0 Å². The minimum Gasteiger partial charge on any atom is -0.393 e. The molecule has 5 fully saturated rings. The maximum absolute atomic E-state index is 10.4. The standard InChI is InChI=1S/C27H46O2/c1-17(2)7-6-8-18(3)21-9-10-22-20-15-24-27(29-24)16-19(28)11-14-26(27,5)23(20)12-13-25(21,22)4/h17-24,28H,6-16H2,1-5H3/t18-,19-,20-,21+,22-,23-,24-,25+,26+,27-/m0/s1. The molecule has 0 amide bonds. The number of aliphatic hydroxyl groups excluding tert-OH is 1. The van der Waals surface area contributed by atoms with E-state index in [4.69, 9.17) is 4.74 Å². The second-order valence-electron chi connectivity index (χ2n) is 13.0. The van der Waals surface area contributed by atoms with Gasteiger partial charge in [-0.25, -0.2) is 0 Å². The summed E-state index contributed by atoms with van der Waals surface area (Å²) in [4.78, 5) is 0. The van der Waals surface area contributed by atoms with Crippen LogP contribution in [0.2, 0.25) is 0 Å². The Balaban J connectivity index is 1.33. The molecule has 0 bridgehead atoms. The second-order valence-corrected chi connectivity index (χ2v) is 13.0. The van der Waals surface area contributed by atoms with Gasteiger partial charge in [0.25, 0.3) is 0 Å². The third-order valence-electron chi connectivity index (χ3n) is 11.3. The van der Waals surface area contributed by atoms with Crippen LogP contribution in [-0.2, 0) is 4.74 Å². The normalized spacial score (nSPS) is 54.3. The summed E-state index contributed by atoms with van der Waals surface area (Å²) in [5, 5.41) is 10.4. The Morgan fingerprint density at radius 2 is 1.76 bits per heavy atom. The van der Waals surface area contributed by atoms with Crippen molar-refractivity contribution in [3.8, 4) is 0 Å². The first-order valence-electron chi connectivity index (χ1n) is 13.1. The maximum Gasteiger partial charge on any atom is 0.103 e. The van der Waals surface area contributed by atoms with E-state index < -0.39 is 0 Å². The molecular formula is C27H46O2. The van der Waals surface area contributed by atoms with Crippen LogP contribution >= 0.6 is 0 Å². The Bertz CT molecular complexity index is 630. The maximum atomic E-state index is 10.4. The molecule has 1 N–H and O–H groups in total. The zero-order chi connectivity index (χ0) is 20.6. The molecule has 5 aliphatic rings. The summed E-state index contributed by atoms with van der Waals surface area (Å²) < 4.78 is 6.51. The molecule has 0 radical (unpaired) electrons. The van der Waals surface area contributed by atoms with Crippen LogP contribution in [0.25, 0.3) is 0 Å². The first-order valence-corrected chi connectivity index (χ1v) is 13.1. The molecule has 4 aliphatic carbocycles. The van der Waals surface area contributed by atoms with Gasteiger partial charge in [0.05, 0.1) is 12.2 Å². The molecule has 29 heavy (non-hydrogen) atoms. The Morgan fingerprint density at radius 1 is 0.966 bits per heavy atom. The van der Waals surface area contributed by atoms with Crippen LogP contribution in [-0.4, -0.2) is 22.9 Å². The van der Waals surface area contributed by atoms with Gasteiger partial charge in [0, 0.05) is 11.8 Å². The Kier molecular flexibility index (Phi) is 4.99. The largest absolute Gasteiger partial charge is 0.393 e. The van der Waals surface area contributed by atoms with E-state index >= 15 is 0 Å². The summed E-state index contributed by atoms with van der Waals surface area (Å²) in [6, 6.07) is 0. The molecule has 4 saturated carbocycles. The highest BCUT2D eigenvalue weighted by Crippen LogP contribution is 2.74. The quantitative estimate of drug-likeness (QED) is 0.525. The third-order valence-corrected chi connectivity index (χ3v) is 11.3. The zero-order valence-electron chi connectivity index (χ0n) is 19.8. The topological polar surface area (TPSA) is 32.8 Å². The fourth-order valence-corrected chi connectivity index (χ4v) is 9.68. The summed E-state index contributed by atoms with van der Waals surface area (Å²) >= 11 is 0. The molecule has 0 aromatic heterocycles. The predicted molar refractivity (Wildman–Crippen MR) is 119 cm³/mol. The molecule has 1 saturated heterocycles. The molecular weight excluding hydrogens is 356 g/mol. The first kappa shape index (κ1) is 20.8. The third kappa shape index (κ3) is 2.94. The van der Waals surface area contributed by atoms with Gasteiger partial charge in [-0.15, -0.1) is 0 Å². The van der Waals surface area contributed by atoms with Gasteiger partial charge in [-0.3, -0.25) is 0 Å². The van der Waals surface area contributed by atoms with Gasteiger partial charge in [-0.1, -0.05) is 53.9 Å². The van der Waals surface area contributed by atoms with Gasteiger partial charge in [0.1, 0.15) is 5.60 Å². The van der Waals surface area contributed by atoms with Crippen molar-refractivity contribution >= 4 is 0 Å². The summed E-state index contributed by atoms with van der Waals surface area (Å²) in [5.74, 6) is 5.31. The molecule has 0 unspecified atom stereocenters. The van der Waals surface area contributed by atoms with Crippen molar-refractivity contribution in [3.05, 3.63) is 0 Å². The van der Waals surface area contributed by atoms with Crippen LogP contribution in [0.3, 0.4) is 0 Å². The summed E-state index contributed by atoms with van der Waals surface area (Å²) in [6.45, 7) is 12.6. The van der Waals surface area contributed by atoms with Crippen molar-refractivity contribution in [2.75, 3.05) is 0 Å². The Morgan fingerprint density at radius 3 is 2.52 bits per heavy atom. The molecule has 10 atom stereocenters. The molecule has 2 heteroatoms. The fraction of sp³-hybridized carbons (Fsp3) is 1.00. The van der Waals surface area contributed by atoms with Gasteiger partial charge in [-0.05, 0) is 85.9 Å². The van der Waals surface area contributed by atoms with Crippen LogP contribution < -0.4 is 0 Å². The van der Waals surface area contributed by atoms with Crippen molar-refractivity contribution in [1.29, 1.82) is 0 Å². The van der Waals surface area contributed by atoms with Gasteiger partial charge < -0.3 is 9.84 Å². The number of hydrogen-bond acceptors (Lipinski definition) is 2. The zero-order valence-corrected chi connectivity index (χ0v) is 19.8. The summed E-state index contributed by atoms with van der Waals surface area (Å²) in [7, 11) is 0. The highest BCUT2D eigenvalue weighted by atomic mass is 16.6. The average molecular weight is 403 g/mol. The molecule has 2 nitrogen and oxygen atoms in total. The van der Waals surface area contributed by atoms with E-state index in [0.29, 0.717) is 16.9 Å². The number of rotatable bonds is 5. The van der Waals surface area contributed by atoms with Crippen molar-refractivity contribution in [1.82, 2.24) is 0 Å². The van der Waals surface area contributed by atoms with E-state index in [1.165, 1.54) is 57.8 Å². The first-order chi connectivity index (χ1) is 13.7. The van der Waals surface area contributed by atoms with E-state index in [9.17, 15) is 5.11 Å². The lowest BCUT2D eigenvalue weighted by molar-refractivity contribution is -0.116. The van der Waals surface area contributed by atoms with E-state index in [0.717, 1.165) is 48.3 Å². The Hall–Kier alpha value is -0.0800. The molecule has 5 rings (SSSR count). The van der Waals surface area contributed by atoms with E-state index in [1.807, 2.05) is 0 Å². The van der Waals surface area contributed by atoms with Crippen molar-refractivity contribution in [3.63, 3.8) is 0 Å². The molecule has 166 valence electrons. The van der Waals surface area contributed by atoms with Crippen LogP contribution in [0.5, 0.6) is 0 Å². The van der Waals surface area contributed by atoms with Crippen LogP contribution in [0.15, 0.2) is 0 Å². The monoisotopic (exact) mass is 402 g/mol. The van der Waals surface area contributed by atoms with Gasteiger partial charge in [-0.2, -0.15) is 0 Å². The van der Waals surface area contributed by atoms with Crippen LogP contribution in [0.4, 0.5) is 0 Å². The molecule has 1 aliphatic heterocycles.